The van der Waals surface area contributed by atoms with Gasteiger partial charge in [0.25, 0.3) is 0 Å². The van der Waals surface area contributed by atoms with E-state index in [1.165, 1.54) is 22.3 Å². The monoisotopic (exact) mass is 480 g/mol. The van der Waals surface area contributed by atoms with Crippen LogP contribution in [0.15, 0.2) is 48.5 Å². The first-order chi connectivity index (χ1) is 16.7. The summed E-state index contributed by atoms with van der Waals surface area (Å²) < 4.78 is 5.53. The third kappa shape index (κ3) is 7.07. The molecule has 1 aliphatic rings. The summed E-state index contributed by atoms with van der Waals surface area (Å²) in [5.74, 6) is -1.23. The summed E-state index contributed by atoms with van der Waals surface area (Å²) in [6, 6.07) is 15.6. The van der Waals surface area contributed by atoms with E-state index in [0.29, 0.717) is 26.0 Å². The minimum Gasteiger partial charge on any atom is -0.480 e. The standard InChI is InChI=1S/C28H36N2O5/c1-28(2,3)25(26(32)33)30-24(31)16-6-4-5-11-17-29-27(34)35-18-23-21-14-9-7-12-19(21)20-13-8-10-15-22(20)23/h7-10,12-15,23,25H,4-6,11,16-18H2,1-3H3,(H,29,34)(H,30,31)(H,32,33). The summed E-state index contributed by atoms with van der Waals surface area (Å²) in [6.45, 7) is 6.16. The molecule has 0 saturated heterocycles. The van der Waals surface area contributed by atoms with Gasteiger partial charge in [-0.2, -0.15) is 0 Å². The molecule has 0 spiro atoms. The molecule has 1 atom stereocenters. The fourth-order valence-electron chi connectivity index (χ4n) is 4.49. The first-order valence-corrected chi connectivity index (χ1v) is 12.3. The average molecular weight is 481 g/mol. The fourth-order valence-corrected chi connectivity index (χ4v) is 4.49. The molecule has 0 fully saturated rings. The summed E-state index contributed by atoms with van der Waals surface area (Å²) >= 11 is 0. The molecule has 2 amide bonds. The van der Waals surface area contributed by atoms with Gasteiger partial charge in [-0.3, -0.25) is 4.79 Å². The van der Waals surface area contributed by atoms with Gasteiger partial charge in [-0.05, 0) is 40.5 Å². The molecular weight excluding hydrogens is 444 g/mol. The van der Waals surface area contributed by atoms with Crippen LogP contribution >= 0.6 is 0 Å². The molecule has 0 aliphatic heterocycles. The van der Waals surface area contributed by atoms with E-state index in [-0.39, 0.29) is 11.8 Å². The molecule has 0 saturated carbocycles. The molecule has 0 heterocycles. The van der Waals surface area contributed by atoms with E-state index in [1.54, 1.807) is 20.8 Å². The lowest BCUT2D eigenvalue weighted by molar-refractivity contribution is -0.145. The van der Waals surface area contributed by atoms with Gasteiger partial charge in [0.05, 0.1) is 0 Å². The highest BCUT2D eigenvalue weighted by Gasteiger charge is 2.32. The van der Waals surface area contributed by atoms with E-state index in [4.69, 9.17) is 4.74 Å². The predicted molar refractivity (Wildman–Crippen MR) is 135 cm³/mol. The van der Waals surface area contributed by atoms with E-state index in [2.05, 4.69) is 34.9 Å². The van der Waals surface area contributed by atoms with Crippen LogP contribution in [0.25, 0.3) is 11.1 Å². The molecule has 188 valence electrons. The molecule has 7 heteroatoms. The van der Waals surface area contributed by atoms with Gasteiger partial charge in [0.1, 0.15) is 12.6 Å². The summed E-state index contributed by atoms with van der Waals surface area (Å²) in [6.07, 6.45) is 3.01. The Morgan fingerprint density at radius 1 is 0.914 bits per heavy atom. The number of aliphatic carboxylic acids is 1. The van der Waals surface area contributed by atoms with E-state index in [9.17, 15) is 19.5 Å². The maximum absolute atomic E-state index is 12.2. The van der Waals surface area contributed by atoms with Crippen molar-refractivity contribution >= 4 is 18.0 Å². The van der Waals surface area contributed by atoms with Gasteiger partial charge in [-0.25, -0.2) is 9.59 Å². The number of carboxylic acid groups (broad SMARTS) is 1. The van der Waals surface area contributed by atoms with Crippen molar-refractivity contribution in [3.63, 3.8) is 0 Å². The Bertz CT molecular complexity index is 998. The molecule has 2 aromatic carbocycles. The number of carboxylic acids is 1. The van der Waals surface area contributed by atoms with Gasteiger partial charge in [-0.1, -0.05) is 82.1 Å². The highest BCUT2D eigenvalue weighted by atomic mass is 16.5. The van der Waals surface area contributed by atoms with Gasteiger partial charge in [0.15, 0.2) is 0 Å². The zero-order chi connectivity index (χ0) is 25.4. The minimum atomic E-state index is -1.02. The lowest BCUT2D eigenvalue weighted by Gasteiger charge is -2.27. The summed E-state index contributed by atoms with van der Waals surface area (Å²) in [5.41, 5.74) is 4.21. The quantitative estimate of drug-likeness (QED) is 0.389. The average Bonchev–Trinajstić information content (AvgIpc) is 3.13. The first-order valence-electron chi connectivity index (χ1n) is 12.3. The molecule has 1 aliphatic carbocycles. The number of amides is 2. The summed E-state index contributed by atoms with van der Waals surface area (Å²) in [4.78, 5) is 35.6. The minimum absolute atomic E-state index is 0.0401. The van der Waals surface area contributed by atoms with Crippen LogP contribution in [0, 0.1) is 5.41 Å². The van der Waals surface area contributed by atoms with Gasteiger partial charge < -0.3 is 20.5 Å². The Kier molecular flexibility index (Phi) is 8.90. The Morgan fingerprint density at radius 3 is 2.06 bits per heavy atom. The van der Waals surface area contributed by atoms with Crippen molar-refractivity contribution in [1.29, 1.82) is 0 Å². The summed E-state index contributed by atoms with van der Waals surface area (Å²) in [7, 11) is 0. The molecule has 0 bridgehead atoms. The van der Waals surface area contributed by atoms with Gasteiger partial charge in [-0.15, -0.1) is 0 Å². The highest BCUT2D eigenvalue weighted by Crippen LogP contribution is 2.44. The van der Waals surface area contributed by atoms with Crippen LogP contribution in [0.1, 0.15) is 69.9 Å². The second-order valence-electron chi connectivity index (χ2n) is 10.1. The number of hydrogen-bond acceptors (Lipinski definition) is 4. The number of alkyl carbamates (subject to hydrolysis) is 1. The smallest absolute Gasteiger partial charge is 0.407 e. The summed E-state index contributed by atoms with van der Waals surface area (Å²) in [5, 5.41) is 14.7. The van der Waals surface area contributed by atoms with E-state index in [1.807, 2.05) is 24.3 Å². The zero-order valence-corrected chi connectivity index (χ0v) is 20.8. The van der Waals surface area contributed by atoms with Crippen LogP contribution in [0.5, 0.6) is 0 Å². The molecular formula is C28H36N2O5. The normalized spacial score (nSPS) is 13.5. The van der Waals surface area contributed by atoms with Crippen molar-refractivity contribution in [2.24, 2.45) is 5.41 Å². The highest BCUT2D eigenvalue weighted by molar-refractivity contribution is 5.84. The lowest BCUT2D eigenvalue weighted by atomic mass is 9.86. The van der Waals surface area contributed by atoms with Crippen LogP contribution in [-0.2, 0) is 14.3 Å². The van der Waals surface area contributed by atoms with Gasteiger partial charge >= 0.3 is 12.1 Å². The molecule has 2 aromatic rings. The number of carbonyl (C=O) groups excluding carboxylic acids is 2. The Hall–Kier alpha value is -3.35. The van der Waals surface area contributed by atoms with Crippen molar-refractivity contribution in [3.8, 4) is 11.1 Å². The molecule has 7 nitrogen and oxygen atoms in total. The van der Waals surface area contributed by atoms with E-state index >= 15 is 0 Å². The van der Waals surface area contributed by atoms with Gasteiger partial charge in [0, 0.05) is 18.9 Å². The van der Waals surface area contributed by atoms with Crippen LogP contribution < -0.4 is 10.6 Å². The fraction of sp³-hybridized carbons (Fsp3) is 0.464. The van der Waals surface area contributed by atoms with Gasteiger partial charge in [0.2, 0.25) is 5.91 Å². The van der Waals surface area contributed by atoms with Crippen molar-refractivity contribution in [2.75, 3.05) is 13.2 Å². The Labute approximate surface area is 207 Å². The number of rotatable bonds is 11. The molecule has 3 N–H and O–H groups in total. The van der Waals surface area contributed by atoms with E-state index < -0.39 is 23.5 Å². The van der Waals surface area contributed by atoms with Crippen molar-refractivity contribution in [3.05, 3.63) is 59.7 Å². The largest absolute Gasteiger partial charge is 0.480 e. The molecule has 0 aromatic heterocycles. The number of nitrogens with one attached hydrogen (secondary N) is 2. The number of benzene rings is 2. The van der Waals surface area contributed by atoms with Crippen LogP contribution in [0.2, 0.25) is 0 Å². The zero-order valence-electron chi connectivity index (χ0n) is 20.8. The Morgan fingerprint density at radius 2 is 1.49 bits per heavy atom. The topological polar surface area (TPSA) is 105 Å². The van der Waals surface area contributed by atoms with Crippen molar-refractivity contribution in [2.45, 2.75) is 64.8 Å². The van der Waals surface area contributed by atoms with E-state index in [0.717, 1.165) is 19.3 Å². The predicted octanol–water partition coefficient (Wildman–Crippen LogP) is 5.09. The van der Waals surface area contributed by atoms with Crippen LogP contribution in [0.3, 0.4) is 0 Å². The third-order valence-electron chi connectivity index (χ3n) is 6.36. The SMILES string of the molecule is CC(C)(C)C(NC(=O)CCCCCCNC(=O)OCC1c2ccccc2-c2ccccc21)C(=O)O. The lowest BCUT2D eigenvalue weighted by Crippen LogP contribution is -2.49. The maximum atomic E-state index is 12.2. The number of carbonyl (C=O) groups is 3. The van der Waals surface area contributed by atoms with Crippen molar-refractivity contribution < 1.29 is 24.2 Å². The van der Waals surface area contributed by atoms with Crippen LogP contribution in [-0.4, -0.2) is 42.3 Å². The van der Waals surface area contributed by atoms with Crippen LogP contribution in [0.4, 0.5) is 4.79 Å². The van der Waals surface area contributed by atoms with Crippen molar-refractivity contribution in [1.82, 2.24) is 10.6 Å². The number of ether oxygens (including phenoxy) is 1. The maximum Gasteiger partial charge on any atom is 0.407 e. The second kappa shape index (κ2) is 11.9. The number of fused-ring (bicyclic) bond motifs is 3. The molecule has 0 radical (unpaired) electrons. The Balaban J connectivity index is 1.31. The first kappa shape index (κ1) is 26.3. The molecule has 3 rings (SSSR count). The number of unbranched alkanes of at least 4 members (excludes halogenated alkanes) is 3. The second-order valence-corrected chi connectivity index (χ2v) is 10.1. The third-order valence-corrected chi connectivity index (χ3v) is 6.36. The molecule has 1 unspecified atom stereocenters. The number of hydrogen-bond donors (Lipinski definition) is 3. The molecule has 35 heavy (non-hydrogen) atoms.